The number of hydrogen-bond acceptors (Lipinski definition) is 4. The summed E-state index contributed by atoms with van der Waals surface area (Å²) in [6, 6.07) is 70.7. The zero-order valence-corrected chi connectivity index (χ0v) is 32.2. The molecule has 0 amide bonds. The number of hydrogen-bond donors (Lipinski definition) is 0. The number of aromatic nitrogens is 4. The molecular formula is C54H32N6. The highest BCUT2D eigenvalue weighted by Crippen LogP contribution is 2.41. The highest BCUT2D eigenvalue weighted by molar-refractivity contribution is 6.12. The molecule has 0 aliphatic heterocycles. The Kier molecular flexibility index (Phi) is 8.15. The van der Waals surface area contributed by atoms with Crippen molar-refractivity contribution in [3.63, 3.8) is 0 Å². The fraction of sp³-hybridized carbons (Fsp3) is 0. The molecule has 0 aliphatic rings. The number of nitriles is 2. The molecular weight excluding hydrogens is 733 g/mol. The van der Waals surface area contributed by atoms with Crippen molar-refractivity contribution in [1.82, 2.24) is 19.1 Å². The van der Waals surface area contributed by atoms with Crippen LogP contribution < -0.4 is 0 Å². The smallest absolute Gasteiger partial charge is 0.162 e. The Labute approximate surface area is 345 Å². The Balaban J connectivity index is 1.15. The summed E-state index contributed by atoms with van der Waals surface area (Å²) < 4.78 is 4.57. The predicted molar refractivity (Wildman–Crippen MR) is 242 cm³/mol. The van der Waals surface area contributed by atoms with E-state index in [0.29, 0.717) is 17.0 Å². The molecule has 0 saturated heterocycles. The zero-order valence-electron chi connectivity index (χ0n) is 32.2. The SMILES string of the molecule is N#Cc1ccc(-n2c3ccccc3c3ccccc32)c(-c2ccc3c(c2)c2ccccc2n3-c2ccc(C#N)cc2-c2nc(-c3ccccc3)cc(-c3ccccc3)n2)c1. The van der Waals surface area contributed by atoms with Gasteiger partial charge in [-0.3, -0.25) is 0 Å². The summed E-state index contributed by atoms with van der Waals surface area (Å²) in [6.45, 7) is 0. The summed E-state index contributed by atoms with van der Waals surface area (Å²) in [6.07, 6.45) is 0. The molecule has 0 aliphatic carbocycles. The molecule has 0 saturated carbocycles. The van der Waals surface area contributed by atoms with Crippen molar-refractivity contribution in [2.45, 2.75) is 0 Å². The van der Waals surface area contributed by atoms with E-state index in [1.807, 2.05) is 72.8 Å². The molecule has 3 heterocycles. The first-order valence-electron chi connectivity index (χ1n) is 19.8. The van der Waals surface area contributed by atoms with Crippen LogP contribution in [0.1, 0.15) is 11.1 Å². The fourth-order valence-corrected chi connectivity index (χ4v) is 8.67. The Morgan fingerprint density at radius 1 is 0.350 bits per heavy atom. The standard InChI is InChI=1S/C54H32N6/c55-33-35-23-26-51(59-48-20-10-7-17-40(48)41-18-8-11-21-49(41)59)43(29-35)39-25-28-52-44(31-39)42-19-9-12-22-50(42)60(52)53-27-24-36(34-56)30-45(53)54-57-46(37-13-3-1-4-14-37)32-47(58-54)38-15-5-2-6-16-38/h1-32H. The second-order valence-corrected chi connectivity index (χ2v) is 14.8. The molecule has 6 nitrogen and oxygen atoms in total. The third-order valence-corrected chi connectivity index (χ3v) is 11.4. The van der Waals surface area contributed by atoms with Gasteiger partial charge in [0.25, 0.3) is 0 Å². The van der Waals surface area contributed by atoms with Gasteiger partial charge in [-0.2, -0.15) is 10.5 Å². The van der Waals surface area contributed by atoms with Crippen LogP contribution in [0, 0.1) is 22.7 Å². The molecule has 11 rings (SSSR count). The van der Waals surface area contributed by atoms with Gasteiger partial charge in [0.05, 0.1) is 68.1 Å². The summed E-state index contributed by atoms with van der Waals surface area (Å²) in [5.41, 5.74) is 13.4. The van der Waals surface area contributed by atoms with Crippen LogP contribution in [-0.4, -0.2) is 19.1 Å². The van der Waals surface area contributed by atoms with Crippen molar-refractivity contribution in [2.24, 2.45) is 0 Å². The predicted octanol–water partition coefficient (Wildman–Crippen LogP) is 13.1. The number of fused-ring (bicyclic) bond motifs is 6. The lowest BCUT2D eigenvalue weighted by Crippen LogP contribution is -2.02. The zero-order chi connectivity index (χ0) is 40.2. The van der Waals surface area contributed by atoms with Crippen molar-refractivity contribution < 1.29 is 0 Å². The van der Waals surface area contributed by atoms with Gasteiger partial charge in [-0.1, -0.05) is 121 Å². The van der Waals surface area contributed by atoms with Crippen LogP contribution >= 0.6 is 0 Å². The van der Waals surface area contributed by atoms with E-state index in [1.165, 1.54) is 10.8 Å². The van der Waals surface area contributed by atoms with Crippen LogP contribution in [0.2, 0.25) is 0 Å². The third kappa shape index (κ3) is 5.63. The van der Waals surface area contributed by atoms with E-state index in [1.54, 1.807) is 0 Å². The lowest BCUT2D eigenvalue weighted by molar-refractivity contribution is 1.14. The Bertz CT molecular complexity index is 3450. The molecule has 0 spiro atoms. The van der Waals surface area contributed by atoms with Gasteiger partial charge < -0.3 is 9.13 Å². The minimum atomic E-state index is 0.516. The Morgan fingerprint density at radius 2 is 0.783 bits per heavy atom. The molecule has 0 N–H and O–H groups in total. The number of para-hydroxylation sites is 3. The van der Waals surface area contributed by atoms with Gasteiger partial charge >= 0.3 is 0 Å². The van der Waals surface area contributed by atoms with Crippen LogP contribution in [0.3, 0.4) is 0 Å². The van der Waals surface area contributed by atoms with Gasteiger partial charge in [0, 0.05) is 43.8 Å². The molecule has 0 bridgehead atoms. The van der Waals surface area contributed by atoms with Crippen molar-refractivity contribution in [3.8, 4) is 68.5 Å². The lowest BCUT2D eigenvalue weighted by Gasteiger charge is -2.16. The Hall–Kier alpha value is -8.58. The van der Waals surface area contributed by atoms with Gasteiger partial charge in [0.1, 0.15) is 0 Å². The minimum absolute atomic E-state index is 0.516. The van der Waals surface area contributed by atoms with E-state index in [2.05, 4.69) is 143 Å². The molecule has 8 aromatic carbocycles. The average Bonchev–Trinajstić information content (AvgIpc) is 3.84. The molecule has 0 unspecified atom stereocenters. The molecule has 11 aromatic rings. The van der Waals surface area contributed by atoms with Crippen LogP contribution in [0.4, 0.5) is 0 Å². The number of nitrogens with zero attached hydrogens (tertiary/aromatic N) is 6. The highest BCUT2D eigenvalue weighted by atomic mass is 15.0. The van der Waals surface area contributed by atoms with E-state index in [-0.39, 0.29) is 0 Å². The van der Waals surface area contributed by atoms with Gasteiger partial charge in [-0.25, -0.2) is 9.97 Å². The summed E-state index contributed by atoms with van der Waals surface area (Å²) in [4.78, 5) is 10.4. The van der Waals surface area contributed by atoms with E-state index >= 15 is 0 Å². The number of benzene rings is 8. The van der Waals surface area contributed by atoms with Crippen LogP contribution in [-0.2, 0) is 0 Å². The first kappa shape index (κ1) is 34.7. The summed E-state index contributed by atoms with van der Waals surface area (Å²) >= 11 is 0. The second-order valence-electron chi connectivity index (χ2n) is 14.8. The third-order valence-electron chi connectivity index (χ3n) is 11.4. The van der Waals surface area contributed by atoms with Gasteiger partial charge in [0.15, 0.2) is 5.82 Å². The maximum absolute atomic E-state index is 10.2. The van der Waals surface area contributed by atoms with E-state index in [9.17, 15) is 10.5 Å². The molecule has 278 valence electrons. The van der Waals surface area contributed by atoms with Crippen molar-refractivity contribution >= 4 is 43.6 Å². The largest absolute Gasteiger partial charge is 0.309 e. The molecule has 0 atom stereocenters. The lowest BCUT2D eigenvalue weighted by atomic mass is 9.98. The molecule has 3 aromatic heterocycles. The topological polar surface area (TPSA) is 83.2 Å². The van der Waals surface area contributed by atoms with Crippen LogP contribution in [0.15, 0.2) is 194 Å². The molecule has 0 fully saturated rings. The fourth-order valence-electron chi connectivity index (χ4n) is 8.67. The van der Waals surface area contributed by atoms with Crippen molar-refractivity contribution in [2.75, 3.05) is 0 Å². The minimum Gasteiger partial charge on any atom is -0.309 e. The van der Waals surface area contributed by atoms with Crippen molar-refractivity contribution in [3.05, 3.63) is 205 Å². The molecule has 6 heteroatoms. The maximum Gasteiger partial charge on any atom is 0.162 e. The van der Waals surface area contributed by atoms with Crippen molar-refractivity contribution in [1.29, 1.82) is 10.5 Å². The Morgan fingerprint density at radius 3 is 1.30 bits per heavy atom. The van der Waals surface area contributed by atoms with Gasteiger partial charge in [-0.05, 0) is 78.4 Å². The van der Waals surface area contributed by atoms with E-state index in [4.69, 9.17) is 9.97 Å². The van der Waals surface area contributed by atoms with Gasteiger partial charge in [0.2, 0.25) is 0 Å². The second kappa shape index (κ2) is 14.1. The molecule has 0 radical (unpaired) electrons. The van der Waals surface area contributed by atoms with Crippen LogP contribution in [0.25, 0.3) is 100 Å². The quantitative estimate of drug-likeness (QED) is 0.169. The van der Waals surface area contributed by atoms with E-state index < -0.39 is 0 Å². The normalized spacial score (nSPS) is 11.3. The highest BCUT2D eigenvalue weighted by Gasteiger charge is 2.21. The molecule has 60 heavy (non-hydrogen) atoms. The van der Waals surface area contributed by atoms with E-state index in [0.717, 1.165) is 83.4 Å². The van der Waals surface area contributed by atoms with Crippen LogP contribution in [0.5, 0.6) is 0 Å². The van der Waals surface area contributed by atoms with Gasteiger partial charge in [-0.15, -0.1) is 0 Å². The first-order chi connectivity index (χ1) is 29.7. The monoisotopic (exact) mass is 764 g/mol. The number of rotatable bonds is 6. The average molecular weight is 765 g/mol. The maximum atomic E-state index is 10.2. The summed E-state index contributed by atoms with van der Waals surface area (Å²) in [5.74, 6) is 0.522. The summed E-state index contributed by atoms with van der Waals surface area (Å²) in [7, 11) is 0. The first-order valence-corrected chi connectivity index (χ1v) is 19.8. The summed E-state index contributed by atoms with van der Waals surface area (Å²) in [5, 5.41) is 24.8.